The summed E-state index contributed by atoms with van der Waals surface area (Å²) in [6.45, 7) is -0.531. The molecule has 1 aromatic carbocycles. The summed E-state index contributed by atoms with van der Waals surface area (Å²) >= 11 is 1.34. The standard InChI is InChI=1S/C18H17NO6S/c1-24-18(23)15-11-6-4-8-13(11)26-16(15)19-14(21)9-25-17(22)10-5-2-3-7-12(10)20/h2-3,5,7,20H,4,6,8-9H2,1H3,(H,19,21). The van der Waals surface area contributed by atoms with Gasteiger partial charge in [0.05, 0.1) is 12.7 Å². The molecule has 1 amide bonds. The number of aromatic hydroxyl groups is 1. The van der Waals surface area contributed by atoms with Gasteiger partial charge in [-0.15, -0.1) is 11.3 Å². The fraction of sp³-hybridized carbons (Fsp3) is 0.278. The van der Waals surface area contributed by atoms with Gasteiger partial charge in [0.15, 0.2) is 6.61 Å². The van der Waals surface area contributed by atoms with E-state index in [9.17, 15) is 19.5 Å². The molecule has 1 aliphatic carbocycles. The first-order chi connectivity index (χ1) is 12.5. The number of phenols is 1. The first-order valence-corrected chi connectivity index (χ1v) is 8.80. The summed E-state index contributed by atoms with van der Waals surface area (Å²) in [4.78, 5) is 37.2. The lowest BCUT2D eigenvalue weighted by atomic mass is 10.1. The van der Waals surface area contributed by atoms with Crippen molar-refractivity contribution in [2.45, 2.75) is 19.3 Å². The van der Waals surface area contributed by atoms with Crippen molar-refractivity contribution in [3.05, 3.63) is 45.8 Å². The van der Waals surface area contributed by atoms with E-state index in [-0.39, 0.29) is 11.3 Å². The molecule has 0 bridgehead atoms. The summed E-state index contributed by atoms with van der Waals surface area (Å²) in [6, 6.07) is 5.90. The highest BCUT2D eigenvalue weighted by molar-refractivity contribution is 7.17. The largest absolute Gasteiger partial charge is 0.507 e. The predicted octanol–water partition coefficient (Wildman–Crippen LogP) is 2.52. The molecule has 8 heteroatoms. The van der Waals surface area contributed by atoms with Crippen LogP contribution in [0.2, 0.25) is 0 Å². The van der Waals surface area contributed by atoms with Gasteiger partial charge in [0.1, 0.15) is 16.3 Å². The van der Waals surface area contributed by atoms with Crippen molar-refractivity contribution < 1.29 is 29.0 Å². The van der Waals surface area contributed by atoms with Crippen molar-refractivity contribution in [1.29, 1.82) is 0 Å². The Morgan fingerprint density at radius 3 is 2.69 bits per heavy atom. The lowest BCUT2D eigenvalue weighted by Gasteiger charge is -2.08. The number of hydrogen-bond donors (Lipinski definition) is 2. The fourth-order valence-electron chi connectivity index (χ4n) is 2.83. The molecule has 2 aromatic rings. The first kappa shape index (κ1) is 17.9. The van der Waals surface area contributed by atoms with Gasteiger partial charge in [0, 0.05) is 4.88 Å². The number of esters is 2. The summed E-state index contributed by atoms with van der Waals surface area (Å²) in [6.07, 6.45) is 2.61. The van der Waals surface area contributed by atoms with Crippen LogP contribution in [0.15, 0.2) is 24.3 Å². The third kappa shape index (κ3) is 3.55. The number of methoxy groups -OCH3 is 1. The van der Waals surface area contributed by atoms with E-state index in [2.05, 4.69) is 5.32 Å². The minimum absolute atomic E-state index is 0.0225. The number of para-hydroxylation sites is 1. The molecule has 2 N–H and O–H groups in total. The Kier molecular flexibility index (Phi) is 5.22. The normalized spacial score (nSPS) is 12.3. The number of nitrogens with one attached hydrogen (secondary N) is 1. The number of ether oxygens (including phenoxy) is 2. The number of fused-ring (bicyclic) bond motifs is 1. The maximum atomic E-state index is 12.1. The van der Waals surface area contributed by atoms with Gasteiger partial charge < -0.3 is 19.9 Å². The molecule has 1 heterocycles. The highest BCUT2D eigenvalue weighted by Crippen LogP contribution is 2.39. The van der Waals surface area contributed by atoms with Crippen molar-refractivity contribution in [3.63, 3.8) is 0 Å². The second-order valence-corrected chi connectivity index (χ2v) is 6.80. The number of rotatable bonds is 5. The topological polar surface area (TPSA) is 102 Å². The second-order valence-electron chi connectivity index (χ2n) is 5.69. The van der Waals surface area contributed by atoms with Crippen LogP contribution < -0.4 is 5.32 Å². The van der Waals surface area contributed by atoms with Crippen molar-refractivity contribution >= 4 is 34.2 Å². The predicted molar refractivity (Wildman–Crippen MR) is 94.7 cm³/mol. The molecule has 26 heavy (non-hydrogen) atoms. The third-order valence-corrected chi connectivity index (χ3v) is 5.23. The molecule has 0 unspecified atom stereocenters. The molecule has 1 aromatic heterocycles. The molecular formula is C18H17NO6S. The number of hydrogen-bond acceptors (Lipinski definition) is 7. The molecule has 0 fully saturated rings. The quantitative estimate of drug-likeness (QED) is 0.779. The van der Waals surface area contributed by atoms with Crippen molar-refractivity contribution in [3.8, 4) is 5.75 Å². The van der Waals surface area contributed by atoms with Crippen LogP contribution in [0.5, 0.6) is 5.75 Å². The zero-order chi connectivity index (χ0) is 18.7. The summed E-state index contributed by atoms with van der Waals surface area (Å²) in [5, 5.41) is 12.6. The maximum Gasteiger partial charge on any atom is 0.342 e. The highest BCUT2D eigenvalue weighted by atomic mass is 32.1. The number of thiophene rings is 1. The molecule has 3 rings (SSSR count). The van der Waals surface area contributed by atoms with E-state index in [1.54, 1.807) is 12.1 Å². The van der Waals surface area contributed by atoms with E-state index in [1.165, 1.54) is 30.6 Å². The lowest BCUT2D eigenvalue weighted by Crippen LogP contribution is -2.21. The minimum Gasteiger partial charge on any atom is -0.507 e. The van der Waals surface area contributed by atoms with Gasteiger partial charge in [-0.2, -0.15) is 0 Å². The van der Waals surface area contributed by atoms with E-state index in [0.29, 0.717) is 10.6 Å². The Bertz CT molecular complexity index is 873. The van der Waals surface area contributed by atoms with Crippen LogP contribution in [-0.2, 0) is 27.1 Å². The van der Waals surface area contributed by atoms with E-state index in [1.807, 2.05) is 0 Å². The first-order valence-electron chi connectivity index (χ1n) is 7.99. The van der Waals surface area contributed by atoms with Crippen LogP contribution in [0.4, 0.5) is 5.00 Å². The van der Waals surface area contributed by atoms with E-state index in [0.717, 1.165) is 29.7 Å². The van der Waals surface area contributed by atoms with E-state index < -0.39 is 24.5 Å². The number of amides is 1. The summed E-state index contributed by atoms with van der Waals surface area (Å²) in [5.41, 5.74) is 1.28. The Labute approximate surface area is 153 Å². The van der Waals surface area contributed by atoms with Crippen LogP contribution in [-0.4, -0.2) is 36.7 Å². The second kappa shape index (κ2) is 7.57. The molecule has 136 valence electrons. The SMILES string of the molecule is COC(=O)c1c(NC(=O)COC(=O)c2ccccc2O)sc2c1CCC2. The molecule has 0 saturated heterocycles. The van der Waals surface area contributed by atoms with E-state index in [4.69, 9.17) is 9.47 Å². The molecule has 0 radical (unpaired) electrons. The van der Waals surface area contributed by atoms with Crippen LogP contribution in [0, 0.1) is 0 Å². The average Bonchev–Trinajstić information content (AvgIpc) is 3.20. The van der Waals surface area contributed by atoms with Crippen LogP contribution in [0.25, 0.3) is 0 Å². The summed E-state index contributed by atoms with van der Waals surface area (Å²) < 4.78 is 9.74. The molecular weight excluding hydrogens is 358 g/mol. The number of carbonyl (C=O) groups excluding carboxylic acids is 3. The van der Waals surface area contributed by atoms with Gasteiger partial charge in [-0.1, -0.05) is 12.1 Å². The monoisotopic (exact) mass is 375 g/mol. The zero-order valence-corrected chi connectivity index (χ0v) is 14.9. The molecule has 0 spiro atoms. The zero-order valence-electron chi connectivity index (χ0n) is 14.0. The van der Waals surface area contributed by atoms with Gasteiger partial charge in [-0.3, -0.25) is 4.79 Å². The molecule has 7 nitrogen and oxygen atoms in total. The van der Waals surface area contributed by atoms with Gasteiger partial charge in [0.2, 0.25) is 0 Å². The summed E-state index contributed by atoms with van der Waals surface area (Å²) in [7, 11) is 1.29. The van der Waals surface area contributed by atoms with Crippen LogP contribution in [0.3, 0.4) is 0 Å². The minimum atomic E-state index is -0.805. The average molecular weight is 375 g/mol. The molecule has 1 aliphatic rings. The Balaban J connectivity index is 1.67. The van der Waals surface area contributed by atoms with Crippen LogP contribution >= 0.6 is 11.3 Å². The summed E-state index contributed by atoms with van der Waals surface area (Å²) in [5.74, 6) is -2.09. The smallest absolute Gasteiger partial charge is 0.342 e. The van der Waals surface area contributed by atoms with Crippen molar-refractivity contribution in [2.75, 3.05) is 19.0 Å². The van der Waals surface area contributed by atoms with Gasteiger partial charge >= 0.3 is 11.9 Å². The fourth-order valence-corrected chi connectivity index (χ4v) is 4.12. The Hall–Kier alpha value is -2.87. The maximum absolute atomic E-state index is 12.1. The number of carbonyl (C=O) groups is 3. The van der Waals surface area contributed by atoms with E-state index >= 15 is 0 Å². The molecule has 0 aliphatic heterocycles. The van der Waals surface area contributed by atoms with Crippen LogP contribution in [0.1, 0.15) is 37.6 Å². The van der Waals surface area contributed by atoms with Gasteiger partial charge in [-0.05, 0) is 37.0 Å². The van der Waals surface area contributed by atoms with Gasteiger partial charge in [-0.25, -0.2) is 9.59 Å². The molecule has 0 atom stereocenters. The lowest BCUT2D eigenvalue weighted by molar-refractivity contribution is -0.119. The number of benzene rings is 1. The van der Waals surface area contributed by atoms with Gasteiger partial charge in [0.25, 0.3) is 5.91 Å². The molecule has 0 saturated carbocycles. The highest BCUT2D eigenvalue weighted by Gasteiger charge is 2.28. The Morgan fingerprint density at radius 1 is 1.19 bits per heavy atom. The van der Waals surface area contributed by atoms with Crippen molar-refractivity contribution in [1.82, 2.24) is 0 Å². The van der Waals surface area contributed by atoms with Crippen molar-refractivity contribution in [2.24, 2.45) is 0 Å². The number of anilines is 1. The Morgan fingerprint density at radius 2 is 1.96 bits per heavy atom. The third-order valence-electron chi connectivity index (χ3n) is 4.02. The number of phenolic OH excluding ortho intramolecular Hbond substituents is 1. The number of aryl methyl sites for hydroxylation is 1.